The summed E-state index contributed by atoms with van der Waals surface area (Å²) in [6, 6.07) is 0. The zero-order chi connectivity index (χ0) is 16.6. The molecule has 1 amide bonds. The average molecular weight is 357 g/mol. The third kappa shape index (κ3) is 4.49. The molecule has 1 atom stereocenters. The molecule has 0 unspecified atom stereocenters. The van der Waals surface area contributed by atoms with E-state index in [1.54, 1.807) is 20.8 Å². The number of aryl methyl sites for hydroxylation is 1. The Bertz CT molecular complexity index is 653. The topological polar surface area (TPSA) is 84.0 Å². The summed E-state index contributed by atoms with van der Waals surface area (Å²) in [6.07, 6.45) is -0.0197. The smallest absolute Gasteiger partial charge is 0.330 e. The number of amides is 1. The van der Waals surface area contributed by atoms with Crippen molar-refractivity contribution >= 4 is 40.7 Å². The van der Waals surface area contributed by atoms with E-state index in [4.69, 9.17) is 34.8 Å². The van der Waals surface area contributed by atoms with Gasteiger partial charge in [0.25, 0.3) is 5.56 Å². The molecule has 0 fully saturated rings. The van der Waals surface area contributed by atoms with E-state index in [1.807, 2.05) is 0 Å². The van der Waals surface area contributed by atoms with E-state index >= 15 is 0 Å². The summed E-state index contributed by atoms with van der Waals surface area (Å²) in [6.45, 7) is 6.53. The van der Waals surface area contributed by atoms with E-state index in [2.05, 4.69) is 10.3 Å². The summed E-state index contributed by atoms with van der Waals surface area (Å²) in [5.74, 6) is -0.408. The number of halogens is 3. The predicted octanol–water partition coefficient (Wildman–Crippen LogP) is 1.88. The van der Waals surface area contributed by atoms with E-state index in [-0.39, 0.29) is 5.56 Å². The largest absolute Gasteiger partial charge is 0.331 e. The Hall–Kier alpha value is -0.980. The van der Waals surface area contributed by atoms with Crippen LogP contribution in [0.3, 0.4) is 0 Å². The van der Waals surface area contributed by atoms with Crippen molar-refractivity contribution in [2.75, 3.05) is 0 Å². The molecule has 1 aromatic rings. The number of carbonyl (C=O) groups excluding carboxylic acids is 1. The number of alkyl halides is 3. The Morgan fingerprint density at radius 2 is 1.81 bits per heavy atom. The lowest BCUT2D eigenvalue weighted by Crippen LogP contribution is -2.49. The van der Waals surface area contributed by atoms with Gasteiger partial charge in [0.05, 0.1) is 0 Å². The number of nitrogens with one attached hydrogen (secondary N) is 2. The standard InChI is InChI=1S/C12H16Cl3N3O3/c1-6-5-18(10(21)16-7(6)19)8(12(13,14)15)17-9(20)11(2,3)4/h5,8H,1-4H3,(H,17,20)(H,16,19,21)/t8-/m0/s1. The van der Waals surface area contributed by atoms with Crippen LogP contribution in [0.4, 0.5) is 0 Å². The summed E-state index contributed by atoms with van der Waals surface area (Å²) < 4.78 is -0.997. The fourth-order valence-electron chi connectivity index (χ4n) is 1.43. The number of aromatic nitrogens is 2. The molecule has 0 aromatic carbocycles. The number of H-pyrrole nitrogens is 1. The monoisotopic (exact) mass is 355 g/mol. The minimum absolute atomic E-state index is 0.249. The molecular weight excluding hydrogens is 341 g/mol. The fraction of sp³-hybridized carbons (Fsp3) is 0.583. The van der Waals surface area contributed by atoms with Crippen molar-refractivity contribution in [2.24, 2.45) is 5.41 Å². The average Bonchev–Trinajstić information content (AvgIpc) is 2.28. The maximum Gasteiger partial charge on any atom is 0.330 e. The van der Waals surface area contributed by atoms with Crippen molar-refractivity contribution in [2.45, 2.75) is 37.7 Å². The zero-order valence-corrected chi connectivity index (χ0v) is 14.2. The van der Waals surface area contributed by atoms with Gasteiger partial charge in [0.2, 0.25) is 9.70 Å². The first-order valence-electron chi connectivity index (χ1n) is 6.04. The maximum atomic E-state index is 12.1. The molecule has 0 spiro atoms. The first-order valence-corrected chi connectivity index (χ1v) is 7.17. The lowest BCUT2D eigenvalue weighted by atomic mass is 9.95. The van der Waals surface area contributed by atoms with Gasteiger partial charge in [-0.1, -0.05) is 55.6 Å². The lowest BCUT2D eigenvalue weighted by molar-refractivity contribution is -0.129. The second kappa shape index (κ2) is 6.02. The first-order chi connectivity index (χ1) is 9.34. The molecule has 0 aliphatic rings. The maximum absolute atomic E-state index is 12.1. The van der Waals surface area contributed by atoms with Crippen LogP contribution in [-0.4, -0.2) is 19.3 Å². The highest BCUT2D eigenvalue weighted by molar-refractivity contribution is 6.67. The van der Waals surface area contributed by atoms with Gasteiger partial charge in [-0.15, -0.1) is 0 Å². The molecule has 1 aromatic heterocycles. The number of nitrogens with zero attached hydrogens (tertiary/aromatic N) is 1. The predicted molar refractivity (Wildman–Crippen MR) is 83.0 cm³/mol. The van der Waals surface area contributed by atoms with Gasteiger partial charge in [-0.2, -0.15) is 0 Å². The van der Waals surface area contributed by atoms with Crippen LogP contribution in [0.15, 0.2) is 15.8 Å². The van der Waals surface area contributed by atoms with Gasteiger partial charge in [-0.25, -0.2) is 4.79 Å². The molecule has 118 valence electrons. The molecule has 0 saturated carbocycles. The van der Waals surface area contributed by atoms with E-state index < -0.39 is 32.5 Å². The SMILES string of the molecule is Cc1cn([C@H](NC(=O)C(C)(C)C)C(Cl)(Cl)Cl)c(=O)[nH]c1=O. The summed E-state index contributed by atoms with van der Waals surface area (Å²) in [7, 11) is 0. The Morgan fingerprint density at radius 3 is 2.24 bits per heavy atom. The van der Waals surface area contributed by atoms with Gasteiger partial charge in [0, 0.05) is 17.2 Å². The molecule has 2 N–H and O–H groups in total. The minimum atomic E-state index is -1.98. The Morgan fingerprint density at radius 1 is 1.29 bits per heavy atom. The number of rotatable bonds is 2. The Kier molecular flexibility index (Phi) is 5.18. The summed E-state index contributed by atoms with van der Waals surface area (Å²) in [5, 5.41) is 2.51. The van der Waals surface area contributed by atoms with Gasteiger partial charge in [-0.05, 0) is 6.92 Å². The zero-order valence-electron chi connectivity index (χ0n) is 12.0. The highest BCUT2D eigenvalue weighted by Crippen LogP contribution is 2.36. The van der Waals surface area contributed by atoms with Crippen molar-refractivity contribution < 1.29 is 4.79 Å². The summed E-state index contributed by atoms with van der Waals surface area (Å²) in [4.78, 5) is 37.5. The molecule has 0 saturated heterocycles. The van der Waals surface area contributed by atoms with Crippen LogP contribution in [-0.2, 0) is 4.79 Å². The quantitative estimate of drug-likeness (QED) is 0.794. The third-order valence-corrected chi connectivity index (χ3v) is 3.30. The third-order valence-electron chi connectivity index (χ3n) is 2.68. The van der Waals surface area contributed by atoms with Crippen LogP contribution >= 0.6 is 34.8 Å². The van der Waals surface area contributed by atoms with Crippen LogP contribution in [0, 0.1) is 12.3 Å². The molecule has 0 radical (unpaired) electrons. The molecule has 1 heterocycles. The highest BCUT2D eigenvalue weighted by Gasteiger charge is 2.38. The summed E-state index contributed by atoms with van der Waals surface area (Å²) in [5.41, 5.74) is -1.81. The molecule has 1 rings (SSSR count). The second-order valence-electron chi connectivity index (χ2n) is 5.65. The molecule has 6 nitrogen and oxygen atoms in total. The van der Waals surface area contributed by atoms with Gasteiger partial charge in [0.1, 0.15) is 0 Å². The van der Waals surface area contributed by atoms with Gasteiger partial charge in [0.15, 0.2) is 6.17 Å². The van der Waals surface area contributed by atoms with E-state index in [0.717, 1.165) is 4.57 Å². The Labute approximate surface area is 136 Å². The fourth-order valence-corrected chi connectivity index (χ4v) is 1.91. The van der Waals surface area contributed by atoms with Crippen LogP contribution in [0.25, 0.3) is 0 Å². The van der Waals surface area contributed by atoms with E-state index in [0.29, 0.717) is 0 Å². The number of hydrogen-bond acceptors (Lipinski definition) is 3. The summed E-state index contributed by atoms with van der Waals surface area (Å²) >= 11 is 17.6. The molecule has 0 aliphatic carbocycles. The van der Waals surface area contributed by atoms with Gasteiger partial charge < -0.3 is 5.32 Å². The number of aromatic amines is 1. The van der Waals surface area contributed by atoms with Crippen LogP contribution < -0.4 is 16.6 Å². The van der Waals surface area contributed by atoms with Crippen molar-refractivity contribution in [3.05, 3.63) is 32.6 Å². The molecule has 21 heavy (non-hydrogen) atoms. The van der Waals surface area contributed by atoms with Crippen molar-refractivity contribution in [1.82, 2.24) is 14.9 Å². The van der Waals surface area contributed by atoms with Crippen LogP contribution in [0.5, 0.6) is 0 Å². The van der Waals surface area contributed by atoms with Crippen molar-refractivity contribution in [3.63, 3.8) is 0 Å². The molecular formula is C12H16Cl3N3O3. The Balaban J connectivity index is 3.35. The lowest BCUT2D eigenvalue weighted by Gasteiger charge is -2.30. The number of carbonyl (C=O) groups is 1. The first kappa shape index (κ1) is 18.1. The molecule has 9 heteroatoms. The second-order valence-corrected chi connectivity index (χ2v) is 8.02. The molecule has 0 bridgehead atoms. The van der Waals surface area contributed by atoms with Gasteiger partial charge >= 0.3 is 5.69 Å². The van der Waals surface area contributed by atoms with E-state index in [1.165, 1.54) is 13.1 Å². The van der Waals surface area contributed by atoms with Crippen molar-refractivity contribution in [1.29, 1.82) is 0 Å². The van der Waals surface area contributed by atoms with E-state index in [9.17, 15) is 14.4 Å². The number of hydrogen-bond donors (Lipinski definition) is 2. The normalized spacial score (nSPS) is 13.9. The minimum Gasteiger partial charge on any atom is -0.331 e. The van der Waals surface area contributed by atoms with Crippen molar-refractivity contribution in [3.8, 4) is 0 Å². The molecule has 0 aliphatic heterocycles. The highest BCUT2D eigenvalue weighted by atomic mass is 35.6. The van der Waals surface area contributed by atoms with Crippen LogP contribution in [0.2, 0.25) is 0 Å². The van der Waals surface area contributed by atoms with Gasteiger partial charge in [-0.3, -0.25) is 19.1 Å². The van der Waals surface area contributed by atoms with Crippen LogP contribution in [0.1, 0.15) is 32.5 Å².